The molecular weight excluding hydrogens is 695 g/mol. The Morgan fingerprint density at radius 3 is 2.07 bits per heavy atom. The van der Waals surface area contributed by atoms with Crippen molar-refractivity contribution in [1.82, 2.24) is 0 Å². The largest absolute Gasteiger partial charge is 3.00 e. The second-order valence-corrected chi connectivity index (χ2v) is 12.9. The Balaban J connectivity index is 0.000000772. The molecule has 6 aromatic carbocycles. The molecular formula is C42H37Cl2SiZr. The standard InChI is InChI=1S/C40H31.C2H6Si.2ClH.Zr/c1-2-3-12-29-25-38-35(39(29)34-20-10-19-33-30-16-7-4-15-28(30)24-37(33)34)21-11-22-36(38)40-31-17-8-5-13-26(31)23-27-14-6-9-18-32(27)40;1-3-2;;;/h4-11,13-19,21-23,25,39H,2-3,12,24H2,1H3;1-2H3;2*1H;/q-1;;;;+3/p-2. The van der Waals surface area contributed by atoms with Crippen LogP contribution >= 0.6 is 0 Å². The van der Waals surface area contributed by atoms with E-state index in [2.05, 4.69) is 141 Å². The summed E-state index contributed by atoms with van der Waals surface area (Å²) in [6.45, 7) is 6.61. The summed E-state index contributed by atoms with van der Waals surface area (Å²) in [5.41, 5.74) is 14.1. The Morgan fingerprint density at radius 2 is 1.37 bits per heavy atom. The van der Waals surface area contributed by atoms with E-state index in [9.17, 15) is 0 Å². The van der Waals surface area contributed by atoms with Crippen molar-refractivity contribution in [3.63, 3.8) is 0 Å². The number of halogens is 2. The Morgan fingerprint density at radius 1 is 0.739 bits per heavy atom. The fourth-order valence-corrected chi connectivity index (χ4v) is 7.30. The number of hydrogen-bond donors (Lipinski definition) is 0. The van der Waals surface area contributed by atoms with Crippen LogP contribution in [0.5, 0.6) is 0 Å². The van der Waals surface area contributed by atoms with Crippen LogP contribution in [0.25, 0.3) is 49.9 Å². The van der Waals surface area contributed by atoms with Gasteiger partial charge in [-0.15, -0.1) is 16.7 Å². The second kappa shape index (κ2) is 15.9. The van der Waals surface area contributed by atoms with Crippen LogP contribution in [0.1, 0.15) is 59.9 Å². The fraction of sp³-hybridized carbons (Fsp3) is 0.190. The molecule has 1 atom stereocenters. The summed E-state index contributed by atoms with van der Waals surface area (Å²) in [4.78, 5) is 0. The molecule has 0 aliphatic heterocycles. The number of benzene rings is 6. The van der Waals surface area contributed by atoms with E-state index in [1.807, 2.05) is 0 Å². The summed E-state index contributed by atoms with van der Waals surface area (Å²) < 4.78 is 0. The van der Waals surface area contributed by atoms with Crippen LogP contribution in [0.15, 0.2) is 115 Å². The normalized spacial score (nSPS) is 13.6. The predicted molar refractivity (Wildman–Crippen MR) is 187 cm³/mol. The van der Waals surface area contributed by atoms with Crippen LogP contribution in [0.4, 0.5) is 0 Å². The first-order valence-electron chi connectivity index (χ1n) is 15.7. The third-order valence-corrected chi connectivity index (χ3v) is 9.11. The molecule has 0 saturated heterocycles. The minimum atomic E-state index is 0. The van der Waals surface area contributed by atoms with Gasteiger partial charge in [0.05, 0.1) is 0 Å². The van der Waals surface area contributed by atoms with E-state index in [1.54, 1.807) is 0 Å². The number of hydrogen-bond acceptors (Lipinski definition) is 0. The Hall–Kier alpha value is -2.74. The molecule has 227 valence electrons. The van der Waals surface area contributed by atoms with Crippen LogP contribution in [0.3, 0.4) is 0 Å². The van der Waals surface area contributed by atoms with E-state index in [0.29, 0.717) is 0 Å². The molecule has 6 aromatic rings. The van der Waals surface area contributed by atoms with Gasteiger partial charge in [0.15, 0.2) is 0 Å². The van der Waals surface area contributed by atoms with Gasteiger partial charge < -0.3 is 24.8 Å². The van der Waals surface area contributed by atoms with Crippen molar-refractivity contribution in [1.29, 1.82) is 0 Å². The van der Waals surface area contributed by atoms with Gasteiger partial charge in [0, 0.05) is 15.4 Å². The Bertz CT molecular complexity index is 1960. The third-order valence-electron chi connectivity index (χ3n) is 9.11. The molecule has 0 aromatic heterocycles. The summed E-state index contributed by atoms with van der Waals surface area (Å²) in [5, 5.41) is 5.24. The quantitative estimate of drug-likeness (QED) is 0.124. The van der Waals surface area contributed by atoms with Crippen molar-refractivity contribution in [2.75, 3.05) is 0 Å². The molecule has 46 heavy (non-hydrogen) atoms. The van der Waals surface area contributed by atoms with Gasteiger partial charge in [0.2, 0.25) is 0 Å². The Labute approximate surface area is 308 Å². The number of unbranched alkanes of at least 4 members (excludes halogenated alkanes) is 1. The van der Waals surface area contributed by atoms with Crippen molar-refractivity contribution in [2.24, 2.45) is 0 Å². The van der Waals surface area contributed by atoms with Gasteiger partial charge >= 0.3 is 26.2 Å². The van der Waals surface area contributed by atoms with Gasteiger partial charge in [-0.25, -0.2) is 0 Å². The first-order valence-corrected chi connectivity index (χ1v) is 17.7. The number of allylic oxidation sites excluding steroid dienone is 1. The van der Waals surface area contributed by atoms with E-state index < -0.39 is 0 Å². The molecule has 0 bridgehead atoms. The number of rotatable bonds is 5. The second-order valence-electron chi connectivity index (χ2n) is 11.9. The molecule has 4 heteroatoms. The molecule has 0 heterocycles. The zero-order valence-electron chi connectivity index (χ0n) is 26.6. The monoisotopic (exact) mass is 729 g/mol. The molecule has 0 fully saturated rings. The summed E-state index contributed by atoms with van der Waals surface area (Å²) in [7, 11) is 1.08. The van der Waals surface area contributed by atoms with Gasteiger partial charge in [0.25, 0.3) is 0 Å². The van der Waals surface area contributed by atoms with Crippen molar-refractivity contribution in [3.05, 3.63) is 149 Å². The fourth-order valence-electron chi connectivity index (χ4n) is 7.30. The maximum atomic E-state index is 3.77. The van der Waals surface area contributed by atoms with Gasteiger partial charge in [0.1, 0.15) is 0 Å². The topological polar surface area (TPSA) is 0 Å². The zero-order chi connectivity index (χ0) is 29.3. The van der Waals surface area contributed by atoms with Crippen LogP contribution < -0.4 is 24.8 Å². The molecule has 3 radical (unpaired) electrons. The first kappa shape index (κ1) is 36.1. The molecule has 0 N–H and O–H groups in total. The maximum Gasteiger partial charge on any atom is 3.00 e. The van der Waals surface area contributed by atoms with Crippen LogP contribution in [0.2, 0.25) is 13.1 Å². The van der Waals surface area contributed by atoms with Crippen LogP contribution in [0, 0.1) is 6.07 Å². The van der Waals surface area contributed by atoms with E-state index in [4.69, 9.17) is 0 Å². The van der Waals surface area contributed by atoms with E-state index in [1.165, 1.54) is 90.0 Å². The number of fused-ring (bicyclic) bond motifs is 6. The molecule has 0 amide bonds. The van der Waals surface area contributed by atoms with Gasteiger partial charge in [-0.1, -0.05) is 129 Å². The molecule has 0 spiro atoms. The van der Waals surface area contributed by atoms with Crippen molar-refractivity contribution >= 4 is 37.1 Å². The van der Waals surface area contributed by atoms with Crippen molar-refractivity contribution in [3.8, 4) is 22.3 Å². The van der Waals surface area contributed by atoms with Crippen LogP contribution in [-0.2, 0) is 32.6 Å². The van der Waals surface area contributed by atoms with E-state index in [-0.39, 0.29) is 56.9 Å². The summed E-state index contributed by atoms with van der Waals surface area (Å²) in [6.07, 6.45) is 7.06. The third kappa shape index (κ3) is 6.40. The van der Waals surface area contributed by atoms with Gasteiger partial charge in [-0.2, -0.15) is 18.2 Å². The molecule has 0 saturated carbocycles. The van der Waals surface area contributed by atoms with Gasteiger partial charge in [-0.3, -0.25) is 0 Å². The zero-order valence-corrected chi connectivity index (χ0v) is 31.6. The summed E-state index contributed by atoms with van der Waals surface area (Å²) in [6, 6.07) is 44.2. The van der Waals surface area contributed by atoms with Crippen LogP contribution in [-0.4, -0.2) is 9.52 Å². The molecule has 8 rings (SSSR count). The smallest absolute Gasteiger partial charge is 1.00 e. The summed E-state index contributed by atoms with van der Waals surface area (Å²) in [5.74, 6) is 0.256. The average molecular weight is 732 g/mol. The average Bonchev–Trinajstić information content (AvgIpc) is 3.61. The molecule has 1 unspecified atom stereocenters. The molecule has 2 aliphatic carbocycles. The molecule has 2 aliphatic rings. The van der Waals surface area contributed by atoms with Crippen molar-refractivity contribution in [2.45, 2.75) is 51.6 Å². The SMILES string of the molecule is CCCCC1=Cc2c(-c3c4ccccc4cc4ccccc34)cccc2C1c1[c-]ccc2c1Cc1ccccc1-2.C[Si]C.[Cl-].[Cl-].[Zr+3]. The van der Waals surface area contributed by atoms with E-state index >= 15 is 0 Å². The maximum absolute atomic E-state index is 3.77. The first-order chi connectivity index (χ1) is 21.2. The van der Waals surface area contributed by atoms with Crippen molar-refractivity contribution < 1.29 is 51.0 Å². The van der Waals surface area contributed by atoms with Gasteiger partial charge in [-0.05, 0) is 80.3 Å². The minimum Gasteiger partial charge on any atom is -1.00 e. The predicted octanol–water partition coefficient (Wildman–Crippen LogP) is 5.54. The Kier molecular flexibility index (Phi) is 12.5. The summed E-state index contributed by atoms with van der Waals surface area (Å²) >= 11 is 0. The van der Waals surface area contributed by atoms with E-state index in [0.717, 1.165) is 22.4 Å². The molecule has 0 nitrogen and oxygen atoms in total. The minimum absolute atomic E-state index is 0.